The van der Waals surface area contributed by atoms with Gasteiger partial charge in [0.05, 0.1) is 28.9 Å². The molecule has 0 aliphatic carbocycles. The fourth-order valence-corrected chi connectivity index (χ4v) is 7.32. The third kappa shape index (κ3) is 7.25. The first-order valence-electron chi connectivity index (χ1n) is 17.5. The van der Waals surface area contributed by atoms with E-state index in [0.717, 1.165) is 37.6 Å². The van der Waals surface area contributed by atoms with Gasteiger partial charge in [0.1, 0.15) is 11.6 Å². The molecule has 2 unspecified atom stereocenters. The molecule has 2 aliphatic rings. The van der Waals surface area contributed by atoms with E-state index in [9.17, 15) is 22.8 Å². The number of halogens is 4. The van der Waals surface area contributed by atoms with Crippen molar-refractivity contribution < 1.29 is 27.2 Å². The van der Waals surface area contributed by atoms with Gasteiger partial charge in [-0.2, -0.15) is 5.10 Å². The first-order valence-corrected chi connectivity index (χ1v) is 17.5. The molecule has 3 aromatic carbocycles. The van der Waals surface area contributed by atoms with Crippen LogP contribution in [-0.4, -0.2) is 45.0 Å². The predicted octanol–water partition coefficient (Wildman–Crippen LogP) is 8.29. The van der Waals surface area contributed by atoms with E-state index >= 15 is 4.39 Å². The van der Waals surface area contributed by atoms with Gasteiger partial charge in [-0.05, 0) is 87.5 Å². The largest absolute Gasteiger partial charge is 0.361 e. The van der Waals surface area contributed by atoms with Crippen molar-refractivity contribution in [1.82, 2.24) is 25.4 Å². The number of nitrogens with zero attached hydrogens (tertiary/aromatic N) is 4. The molecule has 8 nitrogen and oxygen atoms in total. The van der Waals surface area contributed by atoms with Gasteiger partial charge in [0, 0.05) is 46.6 Å². The van der Waals surface area contributed by atoms with Gasteiger partial charge >= 0.3 is 0 Å². The standard InChI is InChI=1S/C40H38F4N6O2/c1-22(29-4-3-5-31(37(29)42)38(43)44)46-39-32-19-35(45-20-33(32)23(2)48-49-39)27-10-12-34(41)28(18-27)21-50-16-14-25(15-17-50)24-6-8-26(9-7-24)30-11-13-36(51)47-40(30)52/h3-10,12,18-20,22,25,30,38H,11,13-17,21H2,1-2H3,(H,46,49)(H,47,51,52). The lowest BCUT2D eigenvalue weighted by molar-refractivity contribution is -0.134. The number of hydrogen-bond acceptors (Lipinski definition) is 7. The first-order chi connectivity index (χ1) is 25.0. The summed E-state index contributed by atoms with van der Waals surface area (Å²) in [6, 6.07) is 18.1. The second-order valence-electron chi connectivity index (χ2n) is 13.7. The molecule has 2 aliphatic heterocycles. The second kappa shape index (κ2) is 14.8. The van der Waals surface area contributed by atoms with Gasteiger partial charge in [-0.3, -0.25) is 24.8 Å². The summed E-state index contributed by atoms with van der Waals surface area (Å²) in [5, 5.41) is 15.5. The van der Waals surface area contributed by atoms with Gasteiger partial charge in [-0.25, -0.2) is 17.6 Å². The molecule has 2 atom stereocenters. The molecule has 5 aromatic rings. The molecule has 0 saturated carbocycles. The average Bonchev–Trinajstić information content (AvgIpc) is 3.14. The number of amides is 2. The molecule has 2 fully saturated rings. The summed E-state index contributed by atoms with van der Waals surface area (Å²) < 4.78 is 56.9. The molecule has 7 rings (SSSR count). The molecule has 2 aromatic heterocycles. The van der Waals surface area contributed by atoms with Crippen molar-refractivity contribution in [3.05, 3.63) is 118 Å². The van der Waals surface area contributed by atoms with Crippen LogP contribution in [0.1, 0.15) is 90.4 Å². The maximum atomic E-state index is 15.2. The number of hydrogen-bond donors (Lipinski definition) is 2. The Balaban J connectivity index is 1.05. The number of alkyl halides is 2. The van der Waals surface area contributed by atoms with E-state index in [1.54, 1.807) is 26.1 Å². The Bertz CT molecular complexity index is 2140. The minimum Gasteiger partial charge on any atom is -0.361 e. The lowest BCUT2D eigenvalue weighted by Crippen LogP contribution is -2.39. The number of pyridine rings is 1. The number of nitrogens with one attached hydrogen (secondary N) is 2. The lowest BCUT2D eigenvalue weighted by Gasteiger charge is -2.32. The van der Waals surface area contributed by atoms with E-state index < -0.39 is 23.8 Å². The van der Waals surface area contributed by atoms with Crippen molar-refractivity contribution in [1.29, 1.82) is 0 Å². The number of rotatable bonds is 9. The lowest BCUT2D eigenvalue weighted by atomic mass is 9.86. The van der Waals surface area contributed by atoms with E-state index in [4.69, 9.17) is 0 Å². The van der Waals surface area contributed by atoms with Crippen LogP contribution in [0.15, 0.2) is 72.9 Å². The Labute approximate surface area is 298 Å². The van der Waals surface area contributed by atoms with Crippen LogP contribution in [0.3, 0.4) is 0 Å². The zero-order chi connectivity index (χ0) is 36.5. The average molecular weight is 711 g/mol. The molecular weight excluding hydrogens is 672 g/mol. The second-order valence-corrected chi connectivity index (χ2v) is 13.7. The number of carbonyl (C=O) groups is 2. The van der Waals surface area contributed by atoms with Crippen LogP contribution in [0.2, 0.25) is 0 Å². The van der Waals surface area contributed by atoms with Crippen LogP contribution >= 0.6 is 0 Å². The van der Waals surface area contributed by atoms with Crippen LogP contribution < -0.4 is 10.6 Å². The smallest absolute Gasteiger partial charge is 0.266 e. The Morgan fingerprint density at radius 3 is 2.37 bits per heavy atom. The first kappa shape index (κ1) is 35.2. The third-order valence-electron chi connectivity index (χ3n) is 10.3. The van der Waals surface area contributed by atoms with E-state index in [0.29, 0.717) is 64.4 Å². The van der Waals surface area contributed by atoms with Gasteiger partial charge in [0.25, 0.3) is 6.43 Å². The maximum absolute atomic E-state index is 15.2. The highest BCUT2D eigenvalue weighted by Crippen LogP contribution is 2.34. The summed E-state index contributed by atoms with van der Waals surface area (Å²) in [5.74, 6) is -1.34. The van der Waals surface area contributed by atoms with Crippen molar-refractivity contribution in [2.75, 3.05) is 18.4 Å². The van der Waals surface area contributed by atoms with Gasteiger partial charge < -0.3 is 5.32 Å². The number of likely N-dealkylation sites (tertiary alicyclic amines) is 1. The number of carbonyl (C=O) groups excluding carboxylic acids is 2. The van der Waals surface area contributed by atoms with Crippen molar-refractivity contribution in [3.63, 3.8) is 0 Å². The quantitative estimate of drug-likeness (QED) is 0.117. The Morgan fingerprint density at radius 2 is 1.63 bits per heavy atom. The molecule has 2 saturated heterocycles. The maximum Gasteiger partial charge on any atom is 0.266 e. The minimum absolute atomic E-state index is 0.0810. The predicted molar refractivity (Wildman–Crippen MR) is 190 cm³/mol. The Hall–Kier alpha value is -5.23. The summed E-state index contributed by atoms with van der Waals surface area (Å²) in [6.07, 6.45) is 1.43. The number of benzene rings is 3. The molecule has 268 valence electrons. The number of imide groups is 1. The van der Waals surface area contributed by atoms with Crippen LogP contribution in [0, 0.1) is 18.6 Å². The number of fused-ring (bicyclic) bond motifs is 1. The molecule has 0 bridgehead atoms. The number of aryl methyl sites for hydroxylation is 1. The van der Waals surface area contributed by atoms with E-state index in [1.807, 2.05) is 24.3 Å². The van der Waals surface area contributed by atoms with Crippen molar-refractivity contribution in [2.24, 2.45) is 0 Å². The van der Waals surface area contributed by atoms with Crippen LogP contribution in [0.25, 0.3) is 22.0 Å². The normalized spacial score (nSPS) is 17.8. The monoisotopic (exact) mass is 710 g/mol. The number of anilines is 1. The minimum atomic E-state index is -2.94. The van der Waals surface area contributed by atoms with E-state index in [1.165, 1.54) is 23.8 Å². The topological polar surface area (TPSA) is 100 Å². The fraction of sp³-hybridized carbons (Fsp3) is 0.325. The molecule has 4 heterocycles. The molecular formula is C40H38F4N6O2. The Morgan fingerprint density at radius 1 is 0.904 bits per heavy atom. The van der Waals surface area contributed by atoms with Gasteiger partial charge in [-0.1, -0.05) is 42.5 Å². The third-order valence-corrected chi connectivity index (χ3v) is 10.3. The highest BCUT2D eigenvalue weighted by molar-refractivity contribution is 6.01. The van der Waals surface area contributed by atoms with Crippen molar-refractivity contribution >= 4 is 28.4 Å². The van der Waals surface area contributed by atoms with Crippen LogP contribution in [0.5, 0.6) is 0 Å². The van der Waals surface area contributed by atoms with Crippen molar-refractivity contribution in [2.45, 2.75) is 70.4 Å². The molecule has 12 heteroatoms. The number of piperidine rings is 2. The Kier molecular flexibility index (Phi) is 10.0. The van der Waals surface area contributed by atoms with Crippen LogP contribution in [0.4, 0.5) is 23.4 Å². The zero-order valence-corrected chi connectivity index (χ0v) is 28.8. The highest BCUT2D eigenvalue weighted by Gasteiger charge is 2.29. The zero-order valence-electron chi connectivity index (χ0n) is 28.8. The fourth-order valence-electron chi connectivity index (χ4n) is 7.32. The summed E-state index contributed by atoms with van der Waals surface area (Å²) in [5.41, 5.74) is 4.03. The van der Waals surface area contributed by atoms with Gasteiger partial charge in [0.2, 0.25) is 11.8 Å². The number of aromatic nitrogens is 3. The van der Waals surface area contributed by atoms with E-state index in [-0.39, 0.29) is 29.1 Å². The van der Waals surface area contributed by atoms with Crippen LogP contribution in [-0.2, 0) is 16.1 Å². The van der Waals surface area contributed by atoms with Crippen molar-refractivity contribution in [3.8, 4) is 11.3 Å². The SMILES string of the molecule is Cc1nnc(NC(C)c2cccc(C(F)F)c2F)c2cc(-c3ccc(F)c(CN4CCC(c5ccc(C6CCC(=O)NC6=O)cc5)CC4)c3)ncc12. The van der Waals surface area contributed by atoms with E-state index in [2.05, 4.69) is 42.8 Å². The van der Waals surface area contributed by atoms with Gasteiger partial charge in [-0.15, -0.1) is 5.10 Å². The summed E-state index contributed by atoms with van der Waals surface area (Å²) in [6.45, 7) is 5.49. The molecule has 52 heavy (non-hydrogen) atoms. The van der Waals surface area contributed by atoms with Gasteiger partial charge in [0.15, 0.2) is 5.82 Å². The molecule has 0 spiro atoms. The summed E-state index contributed by atoms with van der Waals surface area (Å²) in [4.78, 5) is 30.7. The summed E-state index contributed by atoms with van der Waals surface area (Å²) in [7, 11) is 0. The molecule has 2 N–H and O–H groups in total. The highest BCUT2D eigenvalue weighted by atomic mass is 19.3. The molecule has 2 amide bonds. The molecule has 0 radical (unpaired) electrons. The summed E-state index contributed by atoms with van der Waals surface area (Å²) >= 11 is 0.